The third-order valence-corrected chi connectivity index (χ3v) is 1.88. The molecule has 0 fully saturated rings. The molecule has 0 aromatic heterocycles. The Hall–Kier alpha value is -1.97. The number of rotatable bonds is 4. The molecule has 0 radical (unpaired) electrons. The molecule has 0 heterocycles. The first-order chi connectivity index (χ1) is 9.19. The summed E-state index contributed by atoms with van der Waals surface area (Å²) < 4.78 is 66.6. The first-order valence-electron chi connectivity index (χ1n) is 4.96. The number of nitrogens with one attached hydrogen (secondary N) is 1. The van der Waals surface area contributed by atoms with E-state index in [2.05, 4.69) is 27.5 Å². The first-order valence-corrected chi connectivity index (χ1v) is 5.37. The number of hydrogen-bond donors (Lipinski definition) is 2. The van der Waals surface area contributed by atoms with Gasteiger partial charge >= 0.3 is 6.18 Å². The van der Waals surface area contributed by atoms with Gasteiger partial charge in [0, 0.05) is 5.56 Å². The van der Waals surface area contributed by atoms with Crippen molar-refractivity contribution >= 4 is 23.5 Å². The molecule has 1 aromatic rings. The third kappa shape index (κ3) is 5.34. The lowest BCUT2D eigenvalue weighted by molar-refractivity contribution is -0.154. The number of thiocarbonyl (C=S) groups is 1. The Morgan fingerprint density at radius 2 is 1.90 bits per heavy atom. The van der Waals surface area contributed by atoms with Gasteiger partial charge < -0.3 is 10.5 Å². The SMILES string of the molecule is NC(=S)NN=Cc1cc(F)c(OCC(F)(F)F)c(F)c1. The van der Waals surface area contributed by atoms with Gasteiger partial charge in [0.1, 0.15) is 0 Å². The molecule has 110 valence electrons. The van der Waals surface area contributed by atoms with E-state index in [1.54, 1.807) is 0 Å². The lowest BCUT2D eigenvalue weighted by atomic mass is 10.2. The molecule has 0 saturated heterocycles. The minimum Gasteiger partial charge on any atom is -0.478 e. The molecule has 0 aliphatic rings. The van der Waals surface area contributed by atoms with Gasteiger partial charge in [0.2, 0.25) is 0 Å². The van der Waals surface area contributed by atoms with E-state index in [4.69, 9.17) is 5.73 Å². The van der Waals surface area contributed by atoms with Gasteiger partial charge in [0.15, 0.2) is 29.1 Å². The predicted octanol–water partition coefficient (Wildman–Crippen LogP) is 2.07. The van der Waals surface area contributed by atoms with Crippen LogP contribution in [0.25, 0.3) is 0 Å². The normalized spacial score (nSPS) is 11.7. The molecule has 0 amide bonds. The number of hydrazone groups is 1. The van der Waals surface area contributed by atoms with Crippen molar-refractivity contribution in [3.63, 3.8) is 0 Å². The molecule has 0 bridgehead atoms. The molecule has 20 heavy (non-hydrogen) atoms. The largest absolute Gasteiger partial charge is 0.478 e. The number of hydrogen-bond acceptors (Lipinski definition) is 3. The fourth-order valence-corrected chi connectivity index (χ4v) is 1.17. The van der Waals surface area contributed by atoms with Crippen LogP contribution in [0.15, 0.2) is 17.2 Å². The molecule has 4 nitrogen and oxygen atoms in total. The van der Waals surface area contributed by atoms with Crippen LogP contribution < -0.4 is 15.9 Å². The number of nitrogens with zero attached hydrogens (tertiary/aromatic N) is 1. The summed E-state index contributed by atoms with van der Waals surface area (Å²) in [5.41, 5.74) is 7.15. The van der Waals surface area contributed by atoms with E-state index in [0.29, 0.717) is 0 Å². The monoisotopic (exact) mass is 313 g/mol. The summed E-state index contributed by atoms with van der Waals surface area (Å²) in [6.45, 7) is -1.79. The first kappa shape index (κ1) is 16.1. The molecule has 0 saturated carbocycles. The number of ether oxygens (including phenoxy) is 1. The van der Waals surface area contributed by atoms with Crippen molar-refractivity contribution in [2.24, 2.45) is 10.8 Å². The van der Waals surface area contributed by atoms with Gasteiger partial charge in [-0.1, -0.05) is 0 Å². The minimum atomic E-state index is -4.69. The van der Waals surface area contributed by atoms with E-state index in [0.717, 1.165) is 18.3 Å². The Kier molecular flexibility index (Phi) is 5.19. The Balaban J connectivity index is 2.86. The molecule has 0 atom stereocenters. The van der Waals surface area contributed by atoms with Crippen molar-refractivity contribution in [1.82, 2.24) is 5.43 Å². The van der Waals surface area contributed by atoms with E-state index in [-0.39, 0.29) is 10.7 Å². The van der Waals surface area contributed by atoms with Gasteiger partial charge in [-0.05, 0) is 24.4 Å². The van der Waals surface area contributed by atoms with Crippen LogP contribution in [0.1, 0.15) is 5.56 Å². The van der Waals surface area contributed by atoms with Crippen molar-refractivity contribution in [2.45, 2.75) is 6.18 Å². The van der Waals surface area contributed by atoms with Crippen molar-refractivity contribution in [1.29, 1.82) is 0 Å². The maximum absolute atomic E-state index is 13.4. The zero-order valence-corrected chi connectivity index (χ0v) is 10.5. The van der Waals surface area contributed by atoms with Crippen LogP contribution in [0, 0.1) is 11.6 Å². The summed E-state index contributed by atoms with van der Waals surface area (Å²) in [7, 11) is 0. The van der Waals surface area contributed by atoms with Gasteiger partial charge in [-0.25, -0.2) is 8.78 Å². The second-order valence-corrected chi connectivity index (χ2v) is 3.89. The van der Waals surface area contributed by atoms with E-state index in [9.17, 15) is 22.0 Å². The standard InChI is InChI=1S/C10H8F5N3OS/c11-6-1-5(3-17-18-9(16)20)2-7(12)8(6)19-4-10(13,14)15/h1-3H,4H2,(H3,16,18,20). The van der Waals surface area contributed by atoms with Crippen LogP contribution in [-0.2, 0) is 0 Å². The second kappa shape index (κ2) is 6.46. The molecular formula is C10H8F5N3OS. The maximum atomic E-state index is 13.4. The van der Waals surface area contributed by atoms with Crippen LogP contribution in [0.2, 0.25) is 0 Å². The molecule has 0 aliphatic carbocycles. The Morgan fingerprint density at radius 1 is 1.35 bits per heavy atom. The third-order valence-electron chi connectivity index (χ3n) is 1.79. The van der Waals surface area contributed by atoms with Gasteiger partial charge in [-0.3, -0.25) is 5.43 Å². The zero-order chi connectivity index (χ0) is 15.3. The van der Waals surface area contributed by atoms with E-state index < -0.39 is 30.2 Å². The quantitative estimate of drug-likeness (QED) is 0.387. The fourth-order valence-electron chi connectivity index (χ4n) is 1.12. The second-order valence-electron chi connectivity index (χ2n) is 3.45. The van der Waals surface area contributed by atoms with Crippen LogP contribution in [0.5, 0.6) is 5.75 Å². The molecule has 3 N–H and O–H groups in total. The summed E-state index contributed by atoms with van der Waals surface area (Å²) in [5, 5.41) is 3.28. The van der Waals surface area contributed by atoms with Crippen LogP contribution in [0.4, 0.5) is 22.0 Å². The maximum Gasteiger partial charge on any atom is 0.422 e. The summed E-state index contributed by atoms with van der Waals surface area (Å²) >= 11 is 4.43. The van der Waals surface area contributed by atoms with E-state index in [1.807, 2.05) is 0 Å². The molecule has 0 unspecified atom stereocenters. The summed E-state index contributed by atoms with van der Waals surface area (Å²) in [6, 6.07) is 1.50. The molecular weight excluding hydrogens is 305 g/mol. The average Bonchev–Trinajstić information content (AvgIpc) is 2.25. The number of benzene rings is 1. The van der Waals surface area contributed by atoms with Crippen molar-refractivity contribution < 1.29 is 26.7 Å². The molecule has 1 aromatic carbocycles. The van der Waals surface area contributed by atoms with Crippen molar-refractivity contribution in [3.8, 4) is 5.75 Å². The predicted molar refractivity (Wildman–Crippen MR) is 65.4 cm³/mol. The number of halogens is 5. The highest BCUT2D eigenvalue weighted by Gasteiger charge is 2.29. The lowest BCUT2D eigenvalue weighted by Gasteiger charge is -2.11. The Morgan fingerprint density at radius 3 is 2.35 bits per heavy atom. The molecule has 1 rings (SSSR count). The summed E-state index contributed by atoms with van der Waals surface area (Å²) in [4.78, 5) is 0. The van der Waals surface area contributed by atoms with Crippen molar-refractivity contribution in [2.75, 3.05) is 6.61 Å². The molecule has 0 spiro atoms. The Bertz CT molecular complexity index is 509. The van der Waals surface area contributed by atoms with Crippen LogP contribution in [-0.4, -0.2) is 24.1 Å². The van der Waals surface area contributed by atoms with E-state index >= 15 is 0 Å². The number of nitrogens with two attached hydrogens (primary N) is 1. The van der Waals surface area contributed by atoms with Crippen molar-refractivity contribution in [3.05, 3.63) is 29.3 Å². The van der Waals surface area contributed by atoms with Gasteiger partial charge in [0.25, 0.3) is 0 Å². The van der Waals surface area contributed by atoms with Crippen LogP contribution >= 0.6 is 12.2 Å². The lowest BCUT2D eigenvalue weighted by Crippen LogP contribution is -2.24. The highest BCUT2D eigenvalue weighted by atomic mass is 32.1. The topological polar surface area (TPSA) is 59.6 Å². The zero-order valence-electron chi connectivity index (χ0n) is 9.67. The highest BCUT2D eigenvalue weighted by molar-refractivity contribution is 7.80. The van der Waals surface area contributed by atoms with Gasteiger partial charge in [0.05, 0.1) is 6.21 Å². The highest BCUT2D eigenvalue weighted by Crippen LogP contribution is 2.25. The van der Waals surface area contributed by atoms with Gasteiger partial charge in [-0.2, -0.15) is 18.3 Å². The molecule has 0 aliphatic heterocycles. The van der Waals surface area contributed by atoms with E-state index in [1.165, 1.54) is 0 Å². The number of alkyl halides is 3. The van der Waals surface area contributed by atoms with Gasteiger partial charge in [-0.15, -0.1) is 0 Å². The summed E-state index contributed by atoms with van der Waals surface area (Å²) in [6.07, 6.45) is -3.71. The Labute approximate surface area is 115 Å². The van der Waals surface area contributed by atoms with Crippen LogP contribution in [0.3, 0.4) is 0 Å². The fraction of sp³-hybridized carbons (Fsp3) is 0.200. The minimum absolute atomic E-state index is 0.0527. The molecule has 10 heteroatoms. The smallest absolute Gasteiger partial charge is 0.422 e. The average molecular weight is 313 g/mol. The summed E-state index contributed by atoms with van der Waals surface area (Å²) in [5.74, 6) is -3.68.